The van der Waals surface area contributed by atoms with Crippen LogP contribution in [0.3, 0.4) is 0 Å². The molecule has 0 fully saturated rings. The molecule has 2 aromatic rings. The van der Waals surface area contributed by atoms with Crippen LogP contribution in [0.1, 0.15) is 86.2 Å². The van der Waals surface area contributed by atoms with E-state index in [-0.39, 0.29) is 22.5 Å². The van der Waals surface area contributed by atoms with E-state index >= 15 is 0 Å². The maximum atomic E-state index is 13.0. The largest absolute Gasteiger partial charge is 0.383 e. The number of aliphatic hydroxyl groups is 1. The molecule has 1 unspecified atom stereocenters. The Bertz CT molecular complexity index is 1120. The SMILES string of the molecule is CC(C)c1cc2c(c(C(C)C)c1CC(=O)N=S(N)(=O)c1cnc(C(C)(C)O)s1)COC2. The average molecular weight is 466 g/mol. The molecule has 0 bridgehead atoms. The number of rotatable bonds is 6. The van der Waals surface area contributed by atoms with Crippen LogP contribution in [0.25, 0.3) is 0 Å². The number of fused-ring (bicyclic) bond motifs is 1. The summed E-state index contributed by atoms with van der Waals surface area (Å²) in [7, 11) is -3.45. The summed E-state index contributed by atoms with van der Waals surface area (Å²) in [6.45, 7) is 12.7. The molecule has 0 spiro atoms. The standard InChI is InChI=1S/C22H31N3O4S2/c1-12(2)15-7-14-10-29-11-17(14)20(13(3)4)16(15)8-18(26)25-31(23,28)19-9-24-21(30-19)22(5,6)27/h7,9,12-13,27H,8,10-11H2,1-6H3,(H2,23,25,26,28). The number of aromatic nitrogens is 1. The molecule has 7 nitrogen and oxygen atoms in total. The lowest BCUT2D eigenvalue weighted by Crippen LogP contribution is -2.17. The molecule has 1 aromatic carbocycles. The molecular weight excluding hydrogens is 434 g/mol. The third-order valence-electron chi connectivity index (χ3n) is 5.28. The molecule has 0 saturated carbocycles. The molecule has 31 heavy (non-hydrogen) atoms. The maximum absolute atomic E-state index is 13.0. The normalized spacial score (nSPS) is 15.9. The number of benzene rings is 1. The molecule has 1 atom stereocenters. The van der Waals surface area contributed by atoms with Crippen molar-refractivity contribution < 1.29 is 18.8 Å². The van der Waals surface area contributed by atoms with E-state index < -0.39 is 21.4 Å². The first-order valence-corrected chi connectivity index (χ1v) is 12.7. The second-order valence-electron chi connectivity index (χ2n) is 9.07. The fourth-order valence-electron chi connectivity index (χ4n) is 3.90. The number of nitrogens with two attached hydrogens (primary N) is 1. The van der Waals surface area contributed by atoms with E-state index in [1.54, 1.807) is 13.8 Å². The molecule has 0 aliphatic carbocycles. The van der Waals surface area contributed by atoms with Crippen LogP contribution >= 0.6 is 11.3 Å². The minimum absolute atomic E-state index is 0.0274. The highest BCUT2D eigenvalue weighted by molar-refractivity contribution is 7.93. The predicted molar refractivity (Wildman–Crippen MR) is 122 cm³/mol. The Labute approximate surface area is 188 Å². The van der Waals surface area contributed by atoms with Crippen molar-refractivity contribution in [2.75, 3.05) is 0 Å². The number of hydrogen-bond donors (Lipinski definition) is 2. The molecule has 3 rings (SSSR count). The Morgan fingerprint density at radius 3 is 2.55 bits per heavy atom. The lowest BCUT2D eigenvalue weighted by Gasteiger charge is -2.22. The number of ether oxygens (including phenoxy) is 1. The van der Waals surface area contributed by atoms with Crippen LogP contribution in [-0.4, -0.2) is 20.2 Å². The molecule has 1 amide bonds. The van der Waals surface area contributed by atoms with Crippen LogP contribution in [0.15, 0.2) is 20.8 Å². The topological polar surface area (TPSA) is 115 Å². The van der Waals surface area contributed by atoms with Gasteiger partial charge in [-0.05, 0) is 53.5 Å². The molecule has 170 valence electrons. The van der Waals surface area contributed by atoms with Gasteiger partial charge in [0.25, 0.3) is 5.91 Å². The summed E-state index contributed by atoms with van der Waals surface area (Å²) in [5.41, 5.74) is 4.27. The second kappa shape index (κ2) is 8.71. The zero-order valence-corrected chi connectivity index (χ0v) is 20.5. The Balaban J connectivity index is 2.01. The lowest BCUT2D eigenvalue weighted by molar-refractivity contribution is -0.117. The fraction of sp³-hybridized carbons (Fsp3) is 0.545. The smallest absolute Gasteiger partial charge is 0.259 e. The minimum atomic E-state index is -3.45. The van der Waals surface area contributed by atoms with E-state index in [0.717, 1.165) is 33.6 Å². The second-order valence-corrected chi connectivity index (χ2v) is 12.1. The van der Waals surface area contributed by atoms with Crippen molar-refractivity contribution >= 4 is 27.2 Å². The third-order valence-corrected chi connectivity index (χ3v) is 8.51. The summed E-state index contributed by atoms with van der Waals surface area (Å²) in [6.07, 6.45) is 1.35. The van der Waals surface area contributed by atoms with Gasteiger partial charge >= 0.3 is 0 Å². The highest BCUT2D eigenvalue weighted by Gasteiger charge is 2.27. The molecule has 1 aromatic heterocycles. The summed E-state index contributed by atoms with van der Waals surface area (Å²) in [5.74, 6) is -0.118. The van der Waals surface area contributed by atoms with Crippen molar-refractivity contribution in [2.45, 2.75) is 82.8 Å². The molecule has 1 aliphatic heterocycles. The van der Waals surface area contributed by atoms with E-state index in [1.165, 1.54) is 11.8 Å². The van der Waals surface area contributed by atoms with Gasteiger partial charge in [-0.2, -0.15) is 0 Å². The van der Waals surface area contributed by atoms with E-state index in [9.17, 15) is 14.1 Å². The van der Waals surface area contributed by atoms with Gasteiger partial charge in [-0.15, -0.1) is 15.7 Å². The van der Waals surface area contributed by atoms with Crippen LogP contribution < -0.4 is 5.14 Å². The monoisotopic (exact) mass is 465 g/mol. The van der Waals surface area contributed by atoms with Crippen molar-refractivity contribution in [2.24, 2.45) is 9.50 Å². The first-order chi connectivity index (χ1) is 14.3. The van der Waals surface area contributed by atoms with Crippen LogP contribution in [0, 0.1) is 0 Å². The van der Waals surface area contributed by atoms with Gasteiger partial charge in [0.1, 0.15) is 14.8 Å². The van der Waals surface area contributed by atoms with Gasteiger partial charge in [-0.1, -0.05) is 33.8 Å². The summed E-state index contributed by atoms with van der Waals surface area (Å²) in [4.78, 5) is 17.0. The van der Waals surface area contributed by atoms with Crippen molar-refractivity contribution in [1.29, 1.82) is 0 Å². The van der Waals surface area contributed by atoms with Crippen molar-refractivity contribution in [3.05, 3.63) is 45.1 Å². The summed E-state index contributed by atoms with van der Waals surface area (Å²) in [5, 5.41) is 16.4. The molecule has 0 saturated heterocycles. The highest BCUT2D eigenvalue weighted by Crippen LogP contribution is 2.37. The predicted octanol–water partition coefficient (Wildman–Crippen LogP) is 4.12. The molecule has 1 aliphatic rings. The zero-order valence-electron chi connectivity index (χ0n) is 18.9. The maximum Gasteiger partial charge on any atom is 0.259 e. The minimum Gasteiger partial charge on any atom is -0.383 e. The van der Waals surface area contributed by atoms with Gasteiger partial charge in [0.2, 0.25) is 0 Å². The van der Waals surface area contributed by atoms with Crippen LogP contribution in [-0.2, 0) is 44.7 Å². The molecule has 0 radical (unpaired) electrons. The number of hydrogen-bond acceptors (Lipinski definition) is 6. The van der Waals surface area contributed by atoms with Crippen molar-refractivity contribution in [1.82, 2.24) is 4.98 Å². The number of thiazole rings is 1. The average Bonchev–Trinajstić information content (AvgIpc) is 3.29. The van der Waals surface area contributed by atoms with Gasteiger partial charge in [0.05, 0.1) is 25.8 Å². The van der Waals surface area contributed by atoms with Gasteiger partial charge in [-0.25, -0.2) is 14.3 Å². The molecule has 2 heterocycles. The van der Waals surface area contributed by atoms with Crippen molar-refractivity contribution in [3.63, 3.8) is 0 Å². The highest BCUT2D eigenvalue weighted by atomic mass is 32.2. The van der Waals surface area contributed by atoms with Crippen molar-refractivity contribution in [3.8, 4) is 0 Å². The number of amides is 1. The first kappa shape index (κ1) is 24.0. The molecular formula is C22H31N3O4S2. The van der Waals surface area contributed by atoms with Crippen LogP contribution in [0.2, 0.25) is 0 Å². The Morgan fingerprint density at radius 2 is 2.00 bits per heavy atom. The van der Waals surface area contributed by atoms with Gasteiger partial charge in [0, 0.05) is 0 Å². The van der Waals surface area contributed by atoms with Gasteiger partial charge < -0.3 is 9.84 Å². The number of nitrogens with zero attached hydrogens (tertiary/aromatic N) is 2. The number of carbonyl (C=O) groups is 1. The molecule has 9 heteroatoms. The lowest BCUT2D eigenvalue weighted by atomic mass is 9.82. The quantitative estimate of drug-likeness (QED) is 0.666. The summed E-state index contributed by atoms with van der Waals surface area (Å²) >= 11 is 1.00. The third kappa shape index (κ3) is 5.06. The number of carbonyl (C=O) groups excluding carboxylic acids is 1. The Morgan fingerprint density at radius 1 is 1.32 bits per heavy atom. The summed E-state index contributed by atoms with van der Waals surface area (Å²) < 4.78 is 22.7. The first-order valence-electron chi connectivity index (χ1n) is 10.3. The van der Waals surface area contributed by atoms with E-state index in [1.807, 2.05) is 0 Å². The van der Waals surface area contributed by atoms with E-state index in [2.05, 4.69) is 43.1 Å². The van der Waals surface area contributed by atoms with Crippen LogP contribution in [0.4, 0.5) is 0 Å². The van der Waals surface area contributed by atoms with Gasteiger partial charge in [0.15, 0.2) is 9.92 Å². The van der Waals surface area contributed by atoms with E-state index in [4.69, 9.17) is 9.88 Å². The van der Waals surface area contributed by atoms with Crippen LogP contribution in [0.5, 0.6) is 0 Å². The Kier molecular flexibility index (Phi) is 6.74. The molecule has 3 N–H and O–H groups in total. The summed E-state index contributed by atoms with van der Waals surface area (Å²) in [6, 6.07) is 2.13. The Hall–Kier alpha value is -1.65. The van der Waals surface area contributed by atoms with E-state index in [0.29, 0.717) is 18.2 Å². The zero-order chi connectivity index (χ0) is 23.1. The fourth-order valence-corrected chi connectivity index (χ4v) is 6.04. The van der Waals surface area contributed by atoms with Gasteiger partial charge in [-0.3, -0.25) is 4.79 Å².